The predicted molar refractivity (Wildman–Crippen MR) is 64.5 cm³/mol. The summed E-state index contributed by atoms with van der Waals surface area (Å²) in [7, 11) is 0. The fourth-order valence-corrected chi connectivity index (χ4v) is 2.64. The summed E-state index contributed by atoms with van der Waals surface area (Å²) in [5.41, 5.74) is 2.41. The minimum Gasteiger partial charge on any atom is -0.309 e. The SMILES string of the molecule is CC(C)c1cccc(N2C(=O)CC3CC32)c1. The summed E-state index contributed by atoms with van der Waals surface area (Å²) in [5, 5.41) is 0. The molecule has 1 aromatic carbocycles. The molecule has 2 nitrogen and oxygen atoms in total. The average Bonchev–Trinajstić information content (AvgIpc) is 2.91. The second kappa shape index (κ2) is 3.34. The van der Waals surface area contributed by atoms with Gasteiger partial charge in [0.25, 0.3) is 0 Å². The van der Waals surface area contributed by atoms with Crippen LogP contribution in [0.4, 0.5) is 5.69 Å². The van der Waals surface area contributed by atoms with E-state index in [0.717, 1.165) is 12.1 Å². The van der Waals surface area contributed by atoms with Gasteiger partial charge in [0.05, 0.1) is 0 Å². The zero-order chi connectivity index (χ0) is 11.3. The summed E-state index contributed by atoms with van der Waals surface area (Å²) in [5.74, 6) is 1.48. The first-order valence-electron chi connectivity index (χ1n) is 6.09. The van der Waals surface area contributed by atoms with Crippen LogP contribution in [0.3, 0.4) is 0 Å². The van der Waals surface area contributed by atoms with Crippen LogP contribution < -0.4 is 4.90 Å². The second-order valence-corrected chi connectivity index (χ2v) is 5.28. The zero-order valence-electron chi connectivity index (χ0n) is 9.81. The highest BCUT2D eigenvalue weighted by atomic mass is 16.2. The number of anilines is 1. The minimum atomic E-state index is 0.308. The molecule has 0 radical (unpaired) electrons. The molecule has 2 unspecified atom stereocenters. The molecule has 16 heavy (non-hydrogen) atoms. The Kier molecular flexibility index (Phi) is 2.06. The molecule has 1 aliphatic heterocycles. The minimum absolute atomic E-state index is 0.308. The number of rotatable bonds is 2. The Labute approximate surface area is 96.3 Å². The number of carbonyl (C=O) groups is 1. The molecular weight excluding hydrogens is 198 g/mol. The first kappa shape index (κ1) is 9.88. The van der Waals surface area contributed by atoms with Crippen molar-refractivity contribution in [3.8, 4) is 0 Å². The van der Waals surface area contributed by atoms with Gasteiger partial charge in [-0.05, 0) is 36.0 Å². The Hall–Kier alpha value is -1.31. The van der Waals surface area contributed by atoms with Crippen molar-refractivity contribution in [3.63, 3.8) is 0 Å². The summed E-state index contributed by atoms with van der Waals surface area (Å²) in [6.07, 6.45) is 1.97. The number of benzene rings is 1. The van der Waals surface area contributed by atoms with Gasteiger partial charge in [-0.2, -0.15) is 0 Å². The van der Waals surface area contributed by atoms with E-state index in [9.17, 15) is 4.79 Å². The molecule has 1 saturated carbocycles. The molecule has 0 spiro atoms. The zero-order valence-corrected chi connectivity index (χ0v) is 9.81. The van der Waals surface area contributed by atoms with Gasteiger partial charge in [0.15, 0.2) is 0 Å². The van der Waals surface area contributed by atoms with Crippen molar-refractivity contribution in [2.75, 3.05) is 4.90 Å². The highest BCUT2D eigenvalue weighted by Crippen LogP contribution is 2.47. The van der Waals surface area contributed by atoms with E-state index in [4.69, 9.17) is 0 Å². The average molecular weight is 215 g/mol. The van der Waals surface area contributed by atoms with Gasteiger partial charge in [0.2, 0.25) is 5.91 Å². The van der Waals surface area contributed by atoms with Crippen LogP contribution in [0.1, 0.15) is 38.2 Å². The Morgan fingerprint density at radius 3 is 2.81 bits per heavy atom. The van der Waals surface area contributed by atoms with E-state index < -0.39 is 0 Å². The van der Waals surface area contributed by atoms with Crippen LogP contribution in [0.25, 0.3) is 0 Å². The monoisotopic (exact) mass is 215 g/mol. The molecule has 2 atom stereocenters. The number of carbonyl (C=O) groups excluding carboxylic acids is 1. The van der Waals surface area contributed by atoms with Crippen molar-refractivity contribution >= 4 is 11.6 Å². The van der Waals surface area contributed by atoms with Crippen molar-refractivity contribution in [1.29, 1.82) is 0 Å². The van der Waals surface area contributed by atoms with Gasteiger partial charge in [-0.15, -0.1) is 0 Å². The Balaban J connectivity index is 1.94. The lowest BCUT2D eigenvalue weighted by molar-refractivity contribution is -0.117. The lowest BCUT2D eigenvalue weighted by Gasteiger charge is -2.20. The molecule has 3 rings (SSSR count). The van der Waals surface area contributed by atoms with Crippen molar-refractivity contribution in [2.24, 2.45) is 5.92 Å². The number of piperidine rings is 1. The van der Waals surface area contributed by atoms with Crippen LogP contribution in [-0.2, 0) is 4.79 Å². The fraction of sp³-hybridized carbons (Fsp3) is 0.500. The van der Waals surface area contributed by atoms with Crippen LogP contribution in [0.2, 0.25) is 0 Å². The van der Waals surface area contributed by atoms with E-state index in [2.05, 4.69) is 38.1 Å². The highest BCUT2D eigenvalue weighted by Gasteiger charge is 2.51. The van der Waals surface area contributed by atoms with E-state index in [1.54, 1.807) is 0 Å². The van der Waals surface area contributed by atoms with Crippen molar-refractivity contribution in [2.45, 2.75) is 38.6 Å². The number of hydrogen-bond donors (Lipinski definition) is 0. The predicted octanol–water partition coefficient (Wildman–Crippen LogP) is 2.94. The Bertz CT molecular complexity index is 438. The third-order valence-electron chi connectivity index (χ3n) is 3.74. The standard InChI is InChI=1S/C14H17NO/c1-9(2)10-4-3-5-12(6-10)15-13-7-11(13)8-14(15)16/h3-6,9,11,13H,7-8H2,1-2H3. The Morgan fingerprint density at radius 2 is 2.19 bits per heavy atom. The van der Waals surface area contributed by atoms with Gasteiger partial charge in [-0.1, -0.05) is 26.0 Å². The van der Waals surface area contributed by atoms with Gasteiger partial charge >= 0.3 is 0 Å². The largest absolute Gasteiger partial charge is 0.309 e. The normalized spacial score (nSPS) is 27.4. The van der Waals surface area contributed by atoms with Crippen LogP contribution >= 0.6 is 0 Å². The van der Waals surface area contributed by atoms with Crippen molar-refractivity contribution in [3.05, 3.63) is 29.8 Å². The molecule has 1 aliphatic carbocycles. The van der Waals surface area contributed by atoms with Gasteiger partial charge in [0, 0.05) is 18.2 Å². The third kappa shape index (κ3) is 1.44. The van der Waals surface area contributed by atoms with E-state index >= 15 is 0 Å². The number of nitrogens with zero attached hydrogens (tertiary/aromatic N) is 1. The maximum Gasteiger partial charge on any atom is 0.227 e. The molecule has 0 aromatic heterocycles. The maximum atomic E-state index is 11.8. The Morgan fingerprint density at radius 1 is 1.38 bits per heavy atom. The molecule has 2 aliphatic rings. The first-order valence-corrected chi connectivity index (χ1v) is 6.09. The summed E-state index contributed by atoms with van der Waals surface area (Å²) >= 11 is 0. The number of amides is 1. The summed E-state index contributed by atoms with van der Waals surface area (Å²) < 4.78 is 0. The van der Waals surface area contributed by atoms with Gasteiger partial charge in [0.1, 0.15) is 0 Å². The molecule has 84 valence electrons. The molecule has 0 bridgehead atoms. The van der Waals surface area contributed by atoms with E-state index in [1.807, 2.05) is 4.90 Å². The smallest absolute Gasteiger partial charge is 0.227 e. The lowest BCUT2D eigenvalue weighted by atomic mass is 10.0. The first-order chi connectivity index (χ1) is 7.66. The lowest BCUT2D eigenvalue weighted by Crippen LogP contribution is -2.27. The van der Waals surface area contributed by atoms with Crippen molar-refractivity contribution < 1.29 is 4.79 Å². The maximum absolute atomic E-state index is 11.8. The van der Waals surface area contributed by atoms with Gasteiger partial charge < -0.3 is 4.90 Å². The molecule has 1 saturated heterocycles. The van der Waals surface area contributed by atoms with Crippen molar-refractivity contribution in [1.82, 2.24) is 0 Å². The molecular formula is C14H17NO. The molecule has 2 heteroatoms. The summed E-state index contributed by atoms with van der Waals surface area (Å²) in [4.78, 5) is 13.8. The molecule has 2 fully saturated rings. The van der Waals surface area contributed by atoms with E-state index in [1.165, 1.54) is 12.0 Å². The summed E-state index contributed by atoms with van der Waals surface area (Å²) in [6, 6.07) is 8.94. The van der Waals surface area contributed by atoms with Crippen LogP contribution in [-0.4, -0.2) is 11.9 Å². The molecule has 0 N–H and O–H groups in total. The summed E-state index contributed by atoms with van der Waals surface area (Å²) in [6.45, 7) is 4.37. The quantitative estimate of drug-likeness (QED) is 0.742. The highest BCUT2D eigenvalue weighted by molar-refractivity contribution is 5.98. The van der Waals surface area contributed by atoms with Gasteiger partial charge in [-0.3, -0.25) is 4.79 Å². The van der Waals surface area contributed by atoms with E-state index in [0.29, 0.717) is 23.8 Å². The van der Waals surface area contributed by atoms with E-state index in [-0.39, 0.29) is 0 Å². The van der Waals surface area contributed by atoms with Crippen LogP contribution in [0.15, 0.2) is 24.3 Å². The molecule has 1 heterocycles. The fourth-order valence-electron chi connectivity index (χ4n) is 2.64. The number of fused-ring (bicyclic) bond motifs is 1. The topological polar surface area (TPSA) is 20.3 Å². The van der Waals surface area contributed by atoms with Gasteiger partial charge in [-0.25, -0.2) is 0 Å². The third-order valence-corrected chi connectivity index (χ3v) is 3.74. The van der Waals surface area contributed by atoms with Crippen LogP contribution in [0, 0.1) is 5.92 Å². The number of hydrogen-bond acceptors (Lipinski definition) is 1. The molecule has 1 aromatic rings. The van der Waals surface area contributed by atoms with Crippen LogP contribution in [0.5, 0.6) is 0 Å². The second-order valence-electron chi connectivity index (χ2n) is 5.28. The molecule has 1 amide bonds.